The van der Waals surface area contributed by atoms with E-state index in [0.29, 0.717) is 37.9 Å². The van der Waals surface area contributed by atoms with Crippen LogP contribution in [0.25, 0.3) is 5.82 Å². The first-order valence-electron chi connectivity index (χ1n) is 7.48. The zero-order valence-electron chi connectivity index (χ0n) is 12.9. The highest BCUT2D eigenvalue weighted by molar-refractivity contribution is 5.82. The third-order valence-corrected chi connectivity index (χ3v) is 3.32. The third kappa shape index (κ3) is 3.97. The molecule has 2 aromatic rings. The molecule has 2 aromatic heterocycles. The van der Waals surface area contributed by atoms with Gasteiger partial charge in [0.2, 0.25) is 5.91 Å². The lowest BCUT2D eigenvalue weighted by Crippen LogP contribution is -2.39. The number of cyclic esters (lactones) is 1. The van der Waals surface area contributed by atoms with Gasteiger partial charge in [0.15, 0.2) is 5.82 Å². The largest absolute Gasteiger partial charge is 0.448 e. The van der Waals surface area contributed by atoms with Gasteiger partial charge in [0, 0.05) is 25.5 Å². The van der Waals surface area contributed by atoms with E-state index in [9.17, 15) is 9.59 Å². The maximum atomic E-state index is 11.7. The molecule has 10 heteroatoms. The summed E-state index contributed by atoms with van der Waals surface area (Å²) in [6, 6.07) is 5.38. The minimum absolute atomic E-state index is 0.0111. The summed E-state index contributed by atoms with van der Waals surface area (Å²) in [7, 11) is 0. The molecule has 0 saturated carbocycles. The lowest BCUT2D eigenvalue weighted by molar-refractivity contribution is -0.121. The lowest BCUT2D eigenvalue weighted by atomic mass is 10.4. The molecular weight excluding hydrogens is 314 g/mol. The van der Waals surface area contributed by atoms with Crippen LogP contribution in [0.2, 0.25) is 0 Å². The predicted octanol–water partition coefficient (Wildman–Crippen LogP) is -0.357. The highest BCUT2D eigenvalue weighted by Gasteiger charge is 2.23. The molecule has 0 unspecified atom stereocenters. The summed E-state index contributed by atoms with van der Waals surface area (Å²) in [4.78, 5) is 24.3. The first-order chi connectivity index (χ1) is 11.7. The molecule has 2 amide bonds. The van der Waals surface area contributed by atoms with Crippen molar-refractivity contribution < 1.29 is 14.3 Å². The number of aromatic nitrogens is 4. The number of amides is 2. The van der Waals surface area contributed by atoms with Crippen molar-refractivity contribution >= 4 is 17.8 Å². The Kier molecular flexibility index (Phi) is 4.84. The van der Waals surface area contributed by atoms with Crippen LogP contribution in [0, 0.1) is 0 Å². The molecule has 2 N–H and O–H groups in total. The summed E-state index contributed by atoms with van der Waals surface area (Å²) in [5.41, 5.74) is 0. The first-order valence-corrected chi connectivity index (χ1v) is 7.48. The van der Waals surface area contributed by atoms with Crippen molar-refractivity contribution in [2.75, 3.05) is 38.1 Å². The number of nitrogens with one attached hydrogen (secondary N) is 2. The fraction of sp³-hybridized carbons (Fsp3) is 0.357. The van der Waals surface area contributed by atoms with Crippen LogP contribution in [-0.2, 0) is 9.53 Å². The van der Waals surface area contributed by atoms with Gasteiger partial charge in [-0.25, -0.2) is 9.48 Å². The molecule has 0 radical (unpaired) electrons. The molecule has 10 nitrogen and oxygen atoms in total. The summed E-state index contributed by atoms with van der Waals surface area (Å²) in [5.74, 6) is 0.996. The summed E-state index contributed by atoms with van der Waals surface area (Å²) < 4.78 is 6.37. The average Bonchev–Trinajstić information content (AvgIpc) is 3.25. The van der Waals surface area contributed by atoms with Gasteiger partial charge in [-0.05, 0) is 18.2 Å². The van der Waals surface area contributed by atoms with Gasteiger partial charge in [-0.15, -0.1) is 10.2 Å². The Morgan fingerprint density at radius 3 is 2.88 bits per heavy atom. The SMILES string of the molecule is O=C(CN1CCOC1=O)NCCNc1ccc(-n2cccn2)nn1. The molecule has 0 atom stereocenters. The third-order valence-electron chi connectivity index (χ3n) is 3.32. The van der Waals surface area contributed by atoms with E-state index in [1.165, 1.54) is 4.90 Å². The fourth-order valence-electron chi connectivity index (χ4n) is 2.14. The number of hydrogen-bond donors (Lipinski definition) is 2. The minimum atomic E-state index is -0.448. The van der Waals surface area contributed by atoms with E-state index in [2.05, 4.69) is 25.9 Å². The number of anilines is 1. The van der Waals surface area contributed by atoms with Crippen LogP contribution < -0.4 is 10.6 Å². The maximum absolute atomic E-state index is 11.7. The van der Waals surface area contributed by atoms with Crippen LogP contribution in [-0.4, -0.2) is 69.7 Å². The van der Waals surface area contributed by atoms with Gasteiger partial charge in [-0.2, -0.15) is 5.10 Å². The highest BCUT2D eigenvalue weighted by Crippen LogP contribution is 2.05. The monoisotopic (exact) mass is 331 g/mol. The number of nitrogens with zero attached hydrogens (tertiary/aromatic N) is 5. The van der Waals surface area contributed by atoms with Gasteiger partial charge in [-0.3, -0.25) is 9.69 Å². The zero-order valence-corrected chi connectivity index (χ0v) is 12.9. The van der Waals surface area contributed by atoms with Crippen LogP contribution in [0.5, 0.6) is 0 Å². The molecule has 3 rings (SSSR count). The van der Waals surface area contributed by atoms with E-state index in [-0.39, 0.29) is 12.5 Å². The second-order valence-electron chi connectivity index (χ2n) is 5.04. The molecule has 0 aromatic carbocycles. The molecule has 1 aliphatic rings. The van der Waals surface area contributed by atoms with Crippen LogP contribution in [0.3, 0.4) is 0 Å². The van der Waals surface area contributed by atoms with Gasteiger partial charge in [0.05, 0.1) is 6.54 Å². The molecule has 3 heterocycles. The van der Waals surface area contributed by atoms with Gasteiger partial charge in [0.1, 0.15) is 19.0 Å². The number of carbonyl (C=O) groups is 2. The summed E-state index contributed by atoms with van der Waals surface area (Å²) in [6.07, 6.45) is 3.00. The van der Waals surface area contributed by atoms with Crippen molar-refractivity contribution in [1.82, 2.24) is 30.2 Å². The zero-order chi connectivity index (χ0) is 16.8. The van der Waals surface area contributed by atoms with Crippen LogP contribution in [0.1, 0.15) is 0 Å². The predicted molar refractivity (Wildman–Crippen MR) is 83.6 cm³/mol. The Morgan fingerprint density at radius 2 is 2.21 bits per heavy atom. The van der Waals surface area contributed by atoms with E-state index in [4.69, 9.17) is 4.74 Å². The van der Waals surface area contributed by atoms with Crippen molar-refractivity contribution in [1.29, 1.82) is 0 Å². The minimum Gasteiger partial charge on any atom is -0.448 e. The second kappa shape index (κ2) is 7.40. The summed E-state index contributed by atoms with van der Waals surface area (Å²) in [6.45, 7) is 1.69. The molecule has 0 bridgehead atoms. The van der Waals surface area contributed by atoms with Gasteiger partial charge >= 0.3 is 6.09 Å². The van der Waals surface area contributed by atoms with Gasteiger partial charge in [-0.1, -0.05) is 0 Å². The van der Waals surface area contributed by atoms with Crippen LogP contribution in [0.15, 0.2) is 30.6 Å². The van der Waals surface area contributed by atoms with Gasteiger partial charge in [0.25, 0.3) is 0 Å². The average molecular weight is 331 g/mol. The maximum Gasteiger partial charge on any atom is 0.410 e. The number of ether oxygens (including phenoxy) is 1. The van der Waals surface area contributed by atoms with Crippen molar-refractivity contribution in [3.05, 3.63) is 30.6 Å². The molecule has 1 fully saturated rings. The molecule has 1 saturated heterocycles. The molecular formula is C14H17N7O3. The molecule has 126 valence electrons. The van der Waals surface area contributed by atoms with E-state index in [1.807, 2.05) is 0 Å². The molecule has 0 aliphatic carbocycles. The quantitative estimate of drug-likeness (QED) is 0.666. The van der Waals surface area contributed by atoms with E-state index >= 15 is 0 Å². The Balaban J connectivity index is 1.37. The molecule has 0 spiro atoms. The number of carbonyl (C=O) groups excluding carboxylic acids is 2. The standard InChI is InChI=1S/C14H17N7O3/c22-13(10-20-8-9-24-14(20)23)16-6-5-15-11-2-3-12(19-18-11)21-7-1-4-17-21/h1-4,7H,5-6,8-10H2,(H,15,18)(H,16,22). The van der Waals surface area contributed by atoms with Gasteiger partial charge < -0.3 is 15.4 Å². The van der Waals surface area contributed by atoms with Crippen molar-refractivity contribution in [3.63, 3.8) is 0 Å². The molecule has 1 aliphatic heterocycles. The highest BCUT2D eigenvalue weighted by atomic mass is 16.6. The van der Waals surface area contributed by atoms with Crippen LogP contribution >= 0.6 is 0 Å². The summed E-state index contributed by atoms with van der Waals surface area (Å²) in [5, 5.41) is 17.9. The Hall–Kier alpha value is -3.17. The Morgan fingerprint density at radius 1 is 1.29 bits per heavy atom. The lowest BCUT2D eigenvalue weighted by Gasteiger charge is -2.12. The topological polar surface area (TPSA) is 114 Å². The van der Waals surface area contributed by atoms with E-state index in [1.54, 1.807) is 35.3 Å². The normalized spacial score (nSPS) is 13.7. The Bertz CT molecular complexity index is 687. The van der Waals surface area contributed by atoms with Crippen molar-refractivity contribution in [2.24, 2.45) is 0 Å². The number of rotatable bonds is 7. The van der Waals surface area contributed by atoms with E-state index in [0.717, 1.165) is 0 Å². The van der Waals surface area contributed by atoms with E-state index < -0.39 is 6.09 Å². The Labute approximate surface area is 137 Å². The first kappa shape index (κ1) is 15.7. The van der Waals surface area contributed by atoms with Crippen molar-refractivity contribution in [2.45, 2.75) is 0 Å². The van der Waals surface area contributed by atoms with Crippen molar-refractivity contribution in [3.8, 4) is 5.82 Å². The second-order valence-corrected chi connectivity index (χ2v) is 5.04. The van der Waals surface area contributed by atoms with Crippen LogP contribution in [0.4, 0.5) is 10.6 Å². The summed E-state index contributed by atoms with van der Waals surface area (Å²) >= 11 is 0. The fourth-order valence-corrected chi connectivity index (χ4v) is 2.14. The number of hydrogen-bond acceptors (Lipinski definition) is 7. The smallest absolute Gasteiger partial charge is 0.410 e. The molecule has 24 heavy (non-hydrogen) atoms.